The van der Waals surface area contributed by atoms with E-state index in [0.29, 0.717) is 11.6 Å². The van der Waals surface area contributed by atoms with Crippen molar-refractivity contribution in [2.24, 2.45) is 0 Å². The zero-order chi connectivity index (χ0) is 20.1. The van der Waals surface area contributed by atoms with Gasteiger partial charge in [-0.3, -0.25) is 0 Å². The Bertz CT molecular complexity index is 943. The van der Waals surface area contributed by atoms with E-state index in [0.717, 1.165) is 22.6 Å². The molecular weight excluding hydrogens is 356 g/mol. The highest BCUT2D eigenvalue weighted by molar-refractivity contribution is 5.73. The average Bonchev–Trinajstić information content (AvgIpc) is 2.74. The monoisotopic (exact) mass is 378 g/mol. The molecule has 1 aromatic heterocycles. The fourth-order valence-electron chi connectivity index (χ4n) is 2.75. The molecule has 2 aromatic carbocycles. The lowest BCUT2D eigenvalue weighted by molar-refractivity contribution is -0.144. The summed E-state index contributed by atoms with van der Waals surface area (Å²) in [6, 6.07) is 21.0. The first-order valence-electron chi connectivity index (χ1n) is 8.83. The van der Waals surface area contributed by atoms with Crippen LogP contribution in [0.5, 0.6) is 11.6 Å². The smallest absolute Gasteiger partial charge is 0.344 e. The molecule has 0 radical (unpaired) electrons. The molecule has 3 rings (SSSR count). The Labute approximate surface area is 164 Å². The number of aliphatic carboxylic acids is 1. The molecule has 6 heteroatoms. The van der Waals surface area contributed by atoms with Gasteiger partial charge in [0.2, 0.25) is 5.88 Å². The van der Waals surface area contributed by atoms with Crippen molar-refractivity contribution in [1.82, 2.24) is 4.98 Å². The van der Waals surface area contributed by atoms with Crippen LogP contribution in [0.2, 0.25) is 0 Å². The molecule has 6 nitrogen and oxygen atoms in total. The standard InChI is InChI=1S/C22H22N2O4/c1-15(22(25)26)28-18-11-9-17(10-12-18)24(2)20-14-13-19(23-21(20)27-3)16-7-5-4-6-8-16/h4-15H,1-3H3,(H,25,26). The van der Waals surface area contributed by atoms with Crippen LogP contribution in [0.1, 0.15) is 6.92 Å². The Morgan fingerprint density at radius 1 is 1.04 bits per heavy atom. The molecule has 0 aliphatic rings. The van der Waals surface area contributed by atoms with E-state index in [1.807, 2.05) is 66.5 Å². The number of hydrogen-bond acceptors (Lipinski definition) is 5. The predicted octanol–water partition coefficient (Wildman–Crippen LogP) is 4.38. The van der Waals surface area contributed by atoms with E-state index in [1.165, 1.54) is 6.92 Å². The number of hydrogen-bond donors (Lipinski definition) is 1. The van der Waals surface area contributed by atoms with E-state index in [4.69, 9.17) is 14.6 Å². The number of pyridine rings is 1. The van der Waals surface area contributed by atoms with E-state index >= 15 is 0 Å². The van der Waals surface area contributed by atoms with Crippen molar-refractivity contribution in [3.8, 4) is 22.9 Å². The van der Waals surface area contributed by atoms with E-state index in [-0.39, 0.29) is 0 Å². The molecule has 0 aliphatic heterocycles. The number of nitrogens with zero attached hydrogens (tertiary/aromatic N) is 2. The zero-order valence-corrected chi connectivity index (χ0v) is 16.0. The Hall–Kier alpha value is -3.54. The Balaban J connectivity index is 1.83. The molecule has 0 aliphatic carbocycles. The van der Waals surface area contributed by atoms with Crippen LogP contribution in [0.3, 0.4) is 0 Å². The second-order valence-corrected chi connectivity index (χ2v) is 6.24. The quantitative estimate of drug-likeness (QED) is 0.658. The van der Waals surface area contributed by atoms with Crippen LogP contribution < -0.4 is 14.4 Å². The average molecular weight is 378 g/mol. The molecule has 3 aromatic rings. The maximum absolute atomic E-state index is 10.9. The van der Waals surface area contributed by atoms with Crippen molar-refractivity contribution in [2.45, 2.75) is 13.0 Å². The summed E-state index contributed by atoms with van der Waals surface area (Å²) in [6.07, 6.45) is -0.904. The van der Waals surface area contributed by atoms with Crippen molar-refractivity contribution in [2.75, 3.05) is 19.1 Å². The number of carboxylic acid groups (broad SMARTS) is 1. The molecule has 0 amide bonds. The number of benzene rings is 2. The molecule has 1 heterocycles. The number of anilines is 2. The lowest BCUT2D eigenvalue weighted by atomic mass is 10.1. The maximum atomic E-state index is 10.9. The van der Waals surface area contributed by atoms with Crippen LogP contribution in [0.4, 0.5) is 11.4 Å². The predicted molar refractivity (Wildman–Crippen MR) is 108 cm³/mol. The van der Waals surface area contributed by atoms with Gasteiger partial charge in [0, 0.05) is 18.3 Å². The van der Waals surface area contributed by atoms with E-state index in [9.17, 15) is 4.79 Å². The number of carboxylic acids is 1. The molecule has 28 heavy (non-hydrogen) atoms. The van der Waals surface area contributed by atoms with Gasteiger partial charge in [-0.05, 0) is 43.3 Å². The third kappa shape index (κ3) is 4.23. The van der Waals surface area contributed by atoms with Crippen LogP contribution in [0.25, 0.3) is 11.3 Å². The number of aromatic nitrogens is 1. The second kappa shape index (κ2) is 8.43. The normalized spacial score (nSPS) is 11.5. The summed E-state index contributed by atoms with van der Waals surface area (Å²) in [4.78, 5) is 17.5. The lowest BCUT2D eigenvalue weighted by Crippen LogP contribution is -2.22. The van der Waals surface area contributed by atoms with Crippen LogP contribution in [0.15, 0.2) is 66.7 Å². The first-order chi connectivity index (χ1) is 13.5. The minimum absolute atomic E-state index is 0.497. The fraction of sp³-hybridized carbons (Fsp3) is 0.182. The maximum Gasteiger partial charge on any atom is 0.344 e. The van der Waals surface area contributed by atoms with Crippen molar-refractivity contribution < 1.29 is 19.4 Å². The summed E-state index contributed by atoms with van der Waals surface area (Å²) < 4.78 is 10.9. The van der Waals surface area contributed by atoms with Gasteiger partial charge in [0.05, 0.1) is 12.8 Å². The number of rotatable bonds is 7. The van der Waals surface area contributed by atoms with E-state index in [2.05, 4.69) is 4.98 Å². The first-order valence-corrected chi connectivity index (χ1v) is 8.83. The number of ether oxygens (including phenoxy) is 2. The van der Waals surface area contributed by atoms with Gasteiger partial charge in [-0.2, -0.15) is 0 Å². The molecule has 0 bridgehead atoms. The van der Waals surface area contributed by atoms with Crippen molar-refractivity contribution in [3.63, 3.8) is 0 Å². The van der Waals surface area contributed by atoms with Crippen LogP contribution in [0, 0.1) is 0 Å². The molecule has 0 fully saturated rings. The molecule has 0 spiro atoms. The van der Waals surface area contributed by atoms with E-state index < -0.39 is 12.1 Å². The summed E-state index contributed by atoms with van der Waals surface area (Å²) in [5.74, 6) is 0.00996. The SMILES string of the molecule is COc1nc(-c2ccccc2)ccc1N(C)c1ccc(OC(C)C(=O)O)cc1. The Morgan fingerprint density at radius 3 is 2.32 bits per heavy atom. The first kappa shape index (κ1) is 19.2. The Kier molecular flexibility index (Phi) is 5.79. The summed E-state index contributed by atoms with van der Waals surface area (Å²) in [5, 5.41) is 8.94. The van der Waals surface area contributed by atoms with Crippen LogP contribution in [-0.2, 0) is 4.79 Å². The van der Waals surface area contributed by atoms with Gasteiger partial charge in [0.1, 0.15) is 11.4 Å². The molecular formula is C22H22N2O4. The van der Waals surface area contributed by atoms with Gasteiger partial charge in [-0.1, -0.05) is 30.3 Å². The summed E-state index contributed by atoms with van der Waals surface area (Å²) >= 11 is 0. The Morgan fingerprint density at radius 2 is 1.71 bits per heavy atom. The lowest BCUT2D eigenvalue weighted by Gasteiger charge is -2.22. The van der Waals surface area contributed by atoms with Crippen LogP contribution >= 0.6 is 0 Å². The molecule has 144 valence electrons. The topological polar surface area (TPSA) is 71.9 Å². The van der Waals surface area contributed by atoms with Crippen molar-refractivity contribution in [3.05, 3.63) is 66.7 Å². The second-order valence-electron chi connectivity index (χ2n) is 6.24. The molecule has 0 saturated carbocycles. The van der Waals surface area contributed by atoms with Crippen molar-refractivity contribution in [1.29, 1.82) is 0 Å². The summed E-state index contributed by atoms with van der Waals surface area (Å²) in [5.41, 5.74) is 3.56. The zero-order valence-electron chi connectivity index (χ0n) is 16.0. The summed E-state index contributed by atoms with van der Waals surface area (Å²) in [7, 11) is 3.51. The van der Waals surface area contributed by atoms with E-state index in [1.54, 1.807) is 19.2 Å². The summed E-state index contributed by atoms with van der Waals surface area (Å²) in [6.45, 7) is 1.49. The molecule has 1 atom stereocenters. The third-order valence-electron chi connectivity index (χ3n) is 4.35. The van der Waals surface area contributed by atoms with Gasteiger partial charge in [0.25, 0.3) is 0 Å². The molecule has 1 unspecified atom stereocenters. The third-order valence-corrected chi connectivity index (χ3v) is 4.35. The van der Waals surface area contributed by atoms with Gasteiger partial charge < -0.3 is 19.5 Å². The minimum Gasteiger partial charge on any atom is -0.479 e. The molecule has 1 N–H and O–H groups in total. The van der Waals surface area contributed by atoms with Crippen LogP contribution in [-0.4, -0.2) is 36.3 Å². The largest absolute Gasteiger partial charge is 0.479 e. The number of methoxy groups -OCH3 is 1. The van der Waals surface area contributed by atoms with Gasteiger partial charge >= 0.3 is 5.97 Å². The number of carbonyl (C=O) groups is 1. The van der Waals surface area contributed by atoms with Gasteiger partial charge in [-0.25, -0.2) is 9.78 Å². The van der Waals surface area contributed by atoms with Gasteiger partial charge in [0.15, 0.2) is 6.10 Å². The van der Waals surface area contributed by atoms with Gasteiger partial charge in [-0.15, -0.1) is 0 Å². The minimum atomic E-state index is -1.00. The molecule has 0 saturated heterocycles. The highest BCUT2D eigenvalue weighted by Gasteiger charge is 2.15. The fourth-order valence-corrected chi connectivity index (χ4v) is 2.75. The highest BCUT2D eigenvalue weighted by Crippen LogP contribution is 2.34. The highest BCUT2D eigenvalue weighted by atomic mass is 16.5. The van der Waals surface area contributed by atoms with Crippen molar-refractivity contribution >= 4 is 17.3 Å².